The lowest BCUT2D eigenvalue weighted by Crippen LogP contribution is -2.05. The van der Waals surface area contributed by atoms with Gasteiger partial charge in [-0.1, -0.05) is 18.2 Å². The molecule has 0 fully saturated rings. The maximum Gasteiger partial charge on any atom is 0.221 e. The monoisotopic (exact) mass is 250 g/mol. The van der Waals surface area contributed by atoms with E-state index in [2.05, 4.69) is 11.1 Å². The zero-order valence-electron chi connectivity index (χ0n) is 10.7. The molecule has 0 spiro atoms. The minimum atomic E-state index is 0.560. The molecule has 0 bridgehead atoms. The number of rotatable bonds is 3. The Balaban J connectivity index is 2.33. The molecule has 0 aliphatic carbocycles. The van der Waals surface area contributed by atoms with E-state index in [-0.39, 0.29) is 0 Å². The molecule has 2 aromatic rings. The molecule has 3 nitrogen and oxygen atoms in total. The number of nitriles is 1. The number of benzene rings is 2. The summed E-state index contributed by atoms with van der Waals surface area (Å²) in [6.45, 7) is 2.49. The molecule has 0 heterocycles. The first-order chi connectivity index (χ1) is 9.33. The number of nitrogens with zero attached hydrogens (tertiary/aromatic N) is 2. The van der Waals surface area contributed by atoms with Crippen LogP contribution in [0.25, 0.3) is 0 Å². The number of hydrogen-bond donors (Lipinski definition) is 0. The molecule has 0 saturated carbocycles. The van der Waals surface area contributed by atoms with Gasteiger partial charge in [-0.15, -0.1) is 0 Å². The lowest BCUT2D eigenvalue weighted by atomic mass is 10.2. The van der Waals surface area contributed by atoms with E-state index in [1.165, 1.54) is 0 Å². The van der Waals surface area contributed by atoms with E-state index >= 15 is 0 Å². The lowest BCUT2D eigenvalue weighted by Gasteiger charge is -2.07. The van der Waals surface area contributed by atoms with E-state index in [1.54, 1.807) is 24.3 Å². The molecule has 0 aliphatic heterocycles. The molecule has 2 aromatic carbocycles. The standard InChI is InChI=1S/C16H14N2O/c1-2-19-16(14-6-4-3-5-7-14)18-15-10-8-13(12-17)9-11-15/h3-11H,2H2,1H3. The molecule has 94 valence electrons. The minimum absolute atomic E-state index is 0.560. The van der Waals surface area contributed by atoms with Gasteiger partial charge in [-0.05, 0) is 43.3 Å². The fourth-order valence-corrected chi connectivity index (χ4v) is 1.63. The third kappa shape index (κ3) is 3.43. The van der Waals surface area contributed by atoms with Crippen LogP contribution in [0.1, 0.15) is 18.1 Å². The number of hydrogen-bond acceptors (Lipinski definition) is 3. The van der Waals surface area contributed by atoms with Crippen molar-refractivity contribution >= 4 is 11.6 Å². The Morgan fingerprint density at radius 1 is 1.11 bits per heavy atom. The van der Waals surface area contributed by atoms with Crippen molar-refractivity contribution in [2.45, 2.75) is 6.92 Å². The van der Waals surface area contributed by atoms with Crippen LogP contribution < -0.4 is 0 Å². The zero-order chi connectivity index (χ0) is 13.5. The second-order valence-corrected chi connectivity index (χ2v) is 3.87. The molecular formula is C16H14N2O. The van der Waals surface area contributed by atoms with Crippen LogP contribution in [0.4, 0.5) is 5.69 Å². The molecule has 0 saturated heterocycles. The summed E-state index contributed by atoms with van der Waals surface area (Å²) in [5, 5.41) is 8.76. The van der Waals surface area contributed by atoms with Gasteiger partial charge < -0.3 is 4.74 Å². The molecule has 0 N–H and O–H groups in total. The summed E-state index contributed by atoms with van der Waals surface area (Å²) in [6.07, 6.45) is 0. The Hall–Kier alpha value is -2.60. The summed E-state index contributed by atoms with van der Waals surface area (Å²) in [4.78, 5) is 4.48. The molecule has 0 unspecified atom stereocenters. The summed E-state index contributed by atoms with van der Waals surface area (Å²) < 4.78 is 5.57. The minimum Gasteiger partial charge on any atom is -0.478 e. The predicted octanol–water partition coefficient (Wildman–Crippen LogP) is 3.67. The molecule has 2 rings (SSSR count). The van der Waals surface area contributed by atoms with Gasteiger partial charge in [0.2, 0.25) is 5.90 Å². The van der Waals surface area contributed by atoms with Crippen LogP contribution in [-0.2, 0) is 4.74 Å². The third-order valence-electron chi connectivity index (χ3n) is 2.53. The van der Waals surface area contributed by atoms with Crippen LogP contribution in [0.15, 0.2) is 59.6 Å². The van der Waals surface area contributed by atoms with E-state index in [4.69, 9.17) is 10.00 Å². The Morgan fingerprint density at radius 2 is 1.79 bits per heavy atom. The van der Waals surface area contributed by atoms with Crippen molar-refractivity contribution in [2.75, 3.05) is 6.61 Å². The predicted molar refractivity (Wildman–Crippen MR) is 75.4 cm³/mol. The highest BCUT2D eigenvalue weighted by atomic mass is 16.5. The Kier molecular flexibility index (Phi) is 4.30. The smallest absolute Gasteiger partial charge is 0.221 e. The SMILES string of the molecule is CCOC(=Nc1ccc(C#N)cc1)c1ccccc1. The highest BCUT2D eigenvalue weighted by Crippen LogP contribution is 2.15. The van der Waals surface area contributed by atoms with E-state index < -0.39 is 0 Å². The van der Waals surface area contributed by atoms with Gasteiger partial charge in [-0.25, -0.2) is 4.99 Å². The zero-order valence-corrected chi connectivity index (χ0v) is 10.7. The second kappa shape index (κ2) is 6.36. The summed E-state index contributed by atoms with van der Waals surface area (Å²) in [7, 11) is 0. The quantitative estimate of drug-likeness (QED) is 0.616. The van der Waals surface area contributed by atoms with Crippen LogP contribution in [0, 0.1) is 11.3 Å². The Labute approximate surface area is 112 Å². The van der Waals surface area contributed by atoms with Gasteiger partial charge >= 0.3 is 0 Å². The van der Waals surface area contributed by atoms with Crippen molar-refractivity contribution in [3.63, 3.8) is 0 Å². The van der Waals surface area contributed by atoms with Crippen LogP contribution >= 0.6 is 0 Å². The van der Waals surface area contributed by atoms with E-state index in [9.17, 15) is 0 Å². The first-order valence-electron chi connectivity index (χ1n) is 6.10. The Bertz CT molecular complexity index is 595. The first kappa shape index (κ1) is 12.8. The molecule has 0 radical (unpaired) electrons. The molecule has 3 heteroatoms. The van der Waals surface area contributed by atoms with Crippen molar-refractivity contribution in [1.29, 1.82) is 5.26 Å². The Morgan fingerprint density at radius 3 is 2.37 bits per heavy atom. The number of aliphatic imine (C=N–C) groups is 1. The normalized spacial score (nSPS) is 10.8. The molecule has 0 atom stereocenters. The van der Waals surface area contributed by atoms with Crippen molar-refractivity contribution in [3.8, 4) is 6.07 Å². The van der Waals surface area contributed by atoms with Gasteiger partial charge in [0.05, 0.1) is 23.9 Å². The molecule has 0 aromatic heterocycles. The average Bonchev–Trinajstić information content (AvgIpc) is 2.48. The van der Waals surface area contributed by atoms with Gasteiger partial charge in [-0.3, -0.25) is 0 Å². The average molecular weight is 250 g/mol. The maximum absolute atomic E-state index is 8.76. The van der Waals surface area contributed by atoms with Crippen molar-refractivity contribution in [1.82, 2.24) is 0 Å². The molecule has 0 amide bonds. The second-order valence-electron chi connectivity index (χ2n) is 3.87. The summed E-state index contributed by atoms with van der Waals surface area (Å²) in [5.41, 5.74) is 2.33. The highest BCUT2D eigenvalue weighted by Gasteiger charge is 2.03. The number of ether oxygens (including phenoxy) is 1. The van der Waals surface area contributed by atoms with Crippen LogP contribution in [0.2, 0.25) is 0 Å². The van der Waals surface area contributed by atoms with E-state index in [1.807, 2.05) is 37.3 Å². The van der Waals surface area contributed by atoms with Gasteiger partial charge in [-0.2, -0.15) is 5.26 Å². The molecule has 0 aliphatic rings. The fourth-order valence-electron chi connectivity index (χ4n) is 1.63. The molecule has 19 heavy (non-hydrogen) atoms. The first-order valence-corrected chi connectivity index (χ1v) is 6.10. The highest BCUT2D eigenvalue weighted by molar-refractivity contribution is 5.95. The van der Waals surface area contributed by atoms with Crippen molar-refractivity contribution in [3.05, 3.63) is 65.7 Å². The molecular weight excluding hydrogens is 236 g/mol. The third-order valence-corrected chi connectivity index (χ3v) is 2.53. The maximum atomic E-state index is 8.76. The van der Waals surface area contributed by atoms with Gasteiger partial charge in [0.25, 0.3) is 0 Å². The van der Waals surface area contributed by atoms with Gasteiger partial charge in [0.1, 0.15) is 0 Å². The lowest BCUT2D eigenvalue weighted by molar-refractivity contribution is 0.329. The summed E-state index contributed by atoms with van der Waals surface area (Å²) >= 11 is 0. The largest absolute Gasteiger partial charge is 0.478 e. The van der Waals surface area contributed by atoms with E-state index in [0.717, 1.165) is 11.3 Å². The van der Waals surface area contributed by atoms with Gasteiger partial charge in [0, 0.05) is 5.56 Å². The topological polar surface area (TPSA) is 45.4 Å². The van der Waals surface area contributed by atoms with Crippen molar-refractivity contribution in [2.24, 2.45) is 4.99 Å². The fraction of sp³-hybridized carbons (Fsp3) is 0.125. The van der Waals surface area contributed by atoms with Crippen molar-refractivity contribution < 1.29 is 4.74 Å². The summed E-state index contributed by atoms with van der Waals surface area (Å²) in [5.74, 6) is 0.591. The van der Waals surface area contributed by atoms with Crippen LogP contribution in [-0.4, -0.2) is 12.5 Å². The summed E-state index contributed by atoms with van der Waals surface area (Å²) in [6, 6.07) is 18.9. The van der Waals surface area contributed by atoms with Crippen LogP contribution in [0.3, 0.4) is 0 Å². The van der Waals surface area contributed by atoms with Crippen LogP contribution in [0.5, 0.6) is 0 Å². The van der Waals surface area contributed by atoms with E-state index in [0.29, 0.717) is 18.1 Å². The van der Waals surface area contributed by atoms with Gasteiger partial charge in [0.15, 0.2) is 0 Å².